The molecule has 0 aliphatic heterocycles. The van der Waals surface area contributed by atoms with E-state index in [1.54, 1.807) is 24.3 Å². The number of ether oxygens (including phenoxy) is 1. The van der Waals surface area contributed by atoms with Crippen LogP contribution in [0.2, 0.25) is 5.15 Å². The molecule has 8 nitrogen and oxygen atoms in total. The number of benzene rings is 2. The number of nitrogens with zero attached hydrogens (tertiary/aromatic N) is 3. The lowest BCUT2D eigenvalue weighted by molar-refractivity contribution is -0.385. The van der Waals surface area contributed by atoms with Gasteiger partial charge in [-0.2, -0.15) is 5.10 Å². The van der Waals surface area contributed by atoms with E-state index in [2.05, 4.69) is 5.10 Å². The Kier molecular flexibility index (Phi) is 4.90. The summed E-state index contributed by atoms with van der Waals surface area (Å²) >= 11 is 6.04. The van der Waals surface area contributed by atoms with Gasteiger partial charge in [-0.25, -0.2) is 13.1 Å². The Labute approximate surface area is 160 Å². The summed E-state index contributed by atoms with van der Waals surface area (Å²) in [7, 11) is -1.97. The molecule has 0 fully saturated rings. The van der Waals surface area contributed by atoms with Crippen LogP contribution in [-0.4, -0.2) is 36.5 Å². The minimum Gasteiger partial charge on any atom is -0.490 e. The van der Waals surface area contributed by atoms with Crippen LogP contribution in [0.1, 0.15) is 0 Å². The van der Waals surface area contributed by atoms with Crippen molar-refractivity contribution in [1.82, 2.24) is 9.78 Å². The Bertz CT molecular complexity index is 1120. The SMILES string of the molecule is COc1ccc(-n2nc(Cl)cc2-c2ccc(S(C)(=O)=O)cc2)cc1[N+](=O)[O-]. The first-order valence-electron chi connectivity index (χ1n) is 7.59. The molecule has 2 aromatic carbocycles. The number of sulfone groups is 1. The van der Waals surface area contributed by atoms with Crippen molar-refractivity contribution in [2.45, 2.75) is 4.90 Å². The number of hydrogen-bond acceptors (Lipinski definition) is 6. The number of nitro groups is 1. The lowest BCUT2D eigenvalue weighted by atomic mass is 10.1. The van der Waals surface area contributed by atoms with Gasteiger partial charge in [0.05, 0.1) is 28.3 Å². The van der Waals surface area contributed by atoms with Gasteiger partial charge in [-0.3, -0.25) is 10.1 Å². The van der Waals surface area contributed by atoms with Crippen molar-refractivity contribution in [3.63, 3.8) is 0 Å². The first kappa shape index (κ1) is 18.9. The van der Waals surface area contributed by atoms with E-state index in [4.69, 9.17) is 16.3 Å². The lowest BCUT2D eigenvalue weighted by Gasteiger charge is -2.09. The predicted octanol–water partition coefficient (Wildman–Crippen LogP) is 3.51. The highest BCUT2D eigenvalue weighted by atomic mass is 35.5. The van der Waals surface area contributed by atoms with Gasteiger partial charge in [0.2, 0.25) is 0 Å². The van der Waals surface area contributed by atoms with Crippen molar-refractivity contribution in [1.29, 1.82) is 0 Å². The highest BCUT2D eigenvalue weighted by molar-refractivity contribution is 7.90. The average Bonchev–Trinajstić information content (AvgIpc) is 3.02. The van der Waals surface area contributed by atoms with E-state index < -0.39 is 14.8 Å². The number of methoxy groups -OCH3 is 1. The van der Waals surface area contributed by atoms with Crippen molar-refractivity contribution in [3.05, 3.63) is 63.8 Å². The average molecular weight is 408 g/mol. The summed E-state index contributed by atoms with van der Waals surface area (Å²) < 4.78 is 29.7. The third-order valence-corrected chi connectivity index (χ3v) is 5.17. The monoisotopic (exact) mass is 407 g/mol. The minimum absolute atomic E-state index is 0.126. The van der Waals surface area contributed by atoms with Crippen LogP contribution >= 0.6 is 11.6 Å². The van der Waals surface area contributed by atoms with E-state index >= 15 is 0 Å². The fourth-order valence-electron chi connectivity index (χ4n) is 2.58. The van der Waals surface area contributed by atoms with Crippen LogP contribution in [0.15, 0.2) is 53.4 Å². The Morgan fingerprint density at radius 3 is 2.37 bits per heavy atom. The number of nitro benzene ring substituents is 1. The van der Waals surface area contributed by atoms with E-state index in [1.807, 2.05) is 0 Å². The summed E-state index contributed by atoms with van der Waals surface area (Å²) in [6.07, 6.45) is 1.12. The molecule has 0 atom stereocenters. The first-order valence-corrected chi connectivity index (χ1v) is 9.86. The van der Waals surface area contributed by atoms with Gasteiger partial charge in [-0.1, -0.05) is 23.7 Å². The summed E-state index contributed by atoms with van der Waals surface area (Å²) in [5.74, 6) is 0.126. The maximum Gasteiger partial charge on any atom is 0.313 e. The third-order valence-electron chi connectivity index (χ3n) is 3.86. The number of rotatable bonds is 5. The van der Waals surface area contributed by atoms with Gasteiger partial charge in [0.25, 0.3) is 0 Å². The van der Waals surface area contributed by atoms with Crippen LogP contribution in [0.4, 0.5) is 5.69 Å². The Morgan fingerprint density at radius 1 is 1.15 bits per heavy atom. The molecule has 0 unspecified atom stereocenters. The Hall–Kier alpha value is -2.91. The molecule has 0 N–H and O–H groups in total. The van der Waals surface area contributed by atoms with Crippen LogP contribution < -0.4 is 4.74 Å². The molecule has 140 valence electrons. The highest BCUT2D eigenvalue weighted by Gasteiger charge is 2.19. The minimum atomic E-state index is -3.32. The van der Waals surface area contributed by atoms with Crippen LogP contribution in [0, 0.1) is 10.1 Å². The zero-order valence-electron chi connectivity index (χ0n) is 14.3. The lowest BCUT2D eigenvalue weighted by Crippen LogP contribution is -2.02. The molecule has 3 aromatic rings. The molecular weight excluding hydrogens is 394 g/mol. The second kappa shape index (κ2) is 7.01. The summed E-state index contributed by atoms with van der Waals surface area (Å²) in [5.41, 5.74) is 1.41. The topological polar surface area (TPSA) is 104 Å². The maximum atomic E-state index is 11.6. The van der Waals surface area contributed by atoms with Gasteiger partial charge >= 0.3 is 5.69 Å². The largest absolute Gasteiger partial charge is 0.490 e. The van der Waals surface area contributed by atoms with Gasteiger partial charge in [-0.05, 0) is 24.3 Å². The molecule has 0 spiro atoms. The molecule has 0 saturated carbocycles. The maximum absolute atomic E-state index is 11.6. The van der Waals surface area contributed by atoms with Crippen LogP contribution in [-0.2, 0) is 9.84 Å². The Morgan fingerprint density at radius 2 is 1.81 bits per heavy atom. The van der Waals surface area contributed by atoms with Crippen molar-refractivity contribution in [2.75, 3.05) is 13.4 Å². The molecule has 0 amide bonds. The van der Waals surface area contributed by atoms with Crippen LogP contribution in [0.25, 0.3) is 16.9 Å². The van der Waals surface area contributed by atoms with Crippen LogP contribution in [0.3, 0.4) is 0 Å². The fourth-order valence-corrected chi connectivity index (χ4v) is 3.39. The summed E-state index contributed by atoms with van der Waals surface area (Å²) in [4.78, 5) is 10.9. The normalized spacial score (nSPS) is 11.4. The molecule has 0 radical (unpaired) electrons. The predicted molar refractivity (Wildman–Crippen MR) is 100 cm³/mol. The molecule has 0 bridgehead atoms. The zero-order valence-corrected chi connectivity index (χ0v) is 15.9. The fraction of sp³-hybridized carbons (Fsp3) is 0.118. The molecular formula is C17H14ClN3O5S. The summed E-state index contributed by atoms with van der Waals surface area (Å²) in [6.45, 7) is 0. The molecule has 1 heterocycles. The second-order valence-electron chi connectivity index (χ2n) is 5.67. The van der Waals surface area contributed by atoms with Crippen molar-refractivity contribution in [3.8, 4) is 22.7 Å². The van der Waals surface area contributed by atoms with Gasteiger partial charge in [-0.15, -0.1) is 0 Å². The van der Waals surface area contributed by atoms with E-state index in [-0.39, 0.29) is 21.5 Å². The van der Waals surface area contributed by atoms with Crippen molar-refractivity contribution < 1.29 is 18.1 Å². The molecule has 0 saturated heterocycles. The summed E-state index contributed by atoms with van der Waals surface area (Å²) in [5, 5.41) is 15.6. The third kappa shape index (κ3) is 3.79. The second-order valence-corrected chi connectivity index (χ2v) is 8.08. The standard InChI is InChI=1S/C17H14ClN3O5S/c1-26-16-8-5-12(9-15(16)21(22)23)20-14(10-17(18)19-20)11-3-6-13(7-4-11)27(2,24)25/h3-10H,1-2H3. The molecule has 1 aromatic heterocycles. The first-order chi connectivity index (χ1) is 12.7. The molecule has 0 aliphatic rings. The quantitative estimate of drug-likeness (QED) is 0.473. The van der Waals surface area contributed by atoms with Gasteiger partial charge in [0, 0.05) is 24.0 Å². The van der Waals surface area contributed by atoms with Gasteiger partial charge in [0.15, 0.2) is 20.7 Å². The van der Waals surface area contributed by atoms with E-state index in [1.165, 1.54) is 36.1 Å². The van der Waals surface area contributed by atoms with E-state index in [0.717, 1.165) is 6.26 Å². The molecule has 0 aliphatic carbocycles. The van der Waals surface area contributed by atoms with Gasteiger partial charge in [0.1, 0.15) is 0 Å². The van der Waals surface area contributed by atoms with E-state index in [0.29, 0.717) is 16.9 Å². The number of aromatic nitrogens is 2. The number of halogens is 1. The van der Waals surface area contributed by atoms with Gasteiger partial charge < -0.3 is 4.74 Å². The molecule has 10 heteroatoms. The van der Waals surface area contributed by atoms with Crippen molar-refractivity contribution in [2.24, 2.45) is 0 Å². The van der Waals surface area contributed by atoms with Crippen molar-refractivity contribution >= 4 is 27.1 Å². The molecule has 27 heavy (non-hydrogen) atoms. The van der Waals surface area contributed by atoms with E-state index in [9.17, 15) is 18.5 Å². The smallest absolute Gasteiger partial charge is 0.313 e. The number of hydrogen-bond donors (Lipinski definition) is 0. The molecule has 3 rings (SSSR count). The highest BCUT2D eigenvalue weighted by Crippen LogP contribution is 2.32. The zero-order chi connectivity index (χ0) is 19.8. The Balaban J connectivity index is 2.12. The van der Waals surface area contributed by atoms with Crippen LogP contribution in [0.5, 0.6) is 5.75 Å². The summed E-state index contributed by atoms with van der Waals surface area (Å²) in [6, 6.07) is 12.2.